The van der Waals surface area contributed by atoms with Crippen LogP contribution in [0.3, 0.4) is 0 Å². The Bertz CT molecular complexity index is 1240. The highest BCUT2D eigenvalue weighted by atomic mass is 19.1. The zero-order valence-corrected chi connectivity index (χ0v) is 15.5. The molecule has 0 aliphatic rings. The molecule has 4 nitrogen and oxygen atoms in total. The molecule has 4 rings (SSSR count). The van der Waals surface area contributed by atoms with Crippen molar-refractivity contribution in [2.24, 2.45) is 5.73 Å². The second kappa shape index (κ2) is 7.25. The molecule has 1 aromatic heterocycles. The van der Waals surface area contributed by atoms with Gasteiger partial charge in [-0.25, -0.2) is 13.2 Å². The van der Waals surface area contributed by atoms with Gasteiger partial charge in [-0.15, -0.1) is 0 Å². The average Bonchev–Trinajstić information content (AvgIpc) is 2.97. The van der Waals surface area contributed by atoms with E-state index in [-0.39, 0.29) is 12.1 Å². The predicted molar refractivity (Wildman–Crippen MR) is 104 cm³/mol. The van der Waals surface area contributed by atoms with E-state index in [0.29, 0.717) is 40.7 Å². The van der Waals surface area contributed by atoms with Crippen molar-refractivity contribution < 1.29 is 22.7 Å². The van der Waals surface area contributed by atoms with Gasteiger partial charge in [0.1, 0.15) is 17.5 Å². The van der Waals surface area contributed by atoms with Crippen LogP contribution in [0.4, 0.5) is 13.2 Å². The van der Waals surface area contributed by atoms with E-state index in [1.54, 1.807) is 29.9 Å². The van der Waals surface area contributed by atoms with Gasteiger partial charge in [0.2, 0.25) is 5.91 Å². The first kappa shape index (κ1) is 19.0. The van der Waals surface area contributed by atoms with Gasteiger partial charge in [-0.2, -0.15) is 0 Å². The molecule has 1 heterocycles. The number of hydrogen-bond donors (Lipinski definition) is 1. The summed E-state index contributed by atoms with van der Waals surface area (Å²) in [4.78, 5) is 12.0. The number of hydrogen-bond acceptors (Lipinski definition) is 2. The molecule has 7 heteroatoms. The zero-order valence-electron chi connectivity index (χ0n) is 15.5. The number of benzene rings is 3. The molecule has 4 aromatic rings. The van der Waals surface area contributed by atoms with E-state index in [1.165, 1.54) is 0 Å². The number of carbonyl (C=O) groups excluding carboxylic acids is 1. The molecule has 1 amide bonds. The van der Waals surface area contributed by atoms with E-state index < -0.39 is 23.4 Å². The summed E-state index contributed by atoms with van der Waals surface area (Å²) in [5, 5.41) is 1.32. The smallest absolute Gasteiger partial charge is 0.249 e. The highest BCUT2D eigenvalue weighted by molar-refractivity contribution is 6.17. The highest BCUT2D eigenvalue weighted by Crippen LogP contribution is 2.33. The van der Waals surface area contributed by atoms with Crippen LogP contribution in [-0.2, 0) is 17.9 Å². The summed E-state index contributed by atoms with van der Waals surface area (Å²) < 4.78 is 48.8. The number of aromatic nitrogens is 1. The quantitative estimate of drug-likeness (QED) is 0.538. The second-order valence-corrected chi connectivity index (χ2v) is 6.78. The van der Waals surface area contributed by atoms with Crippen LogP contribution in [0.25, 0.3) is 21.8 Å². The summed E-state index contributed by atoms with van der Waals surface area (Å²) in [6, 6.07) is 11.8. The van der Waals surface area contributed by atoms with E-state index in [1.807, 2.05) is 18.2 Å². The maximum atomic E-state index is 14.3. The Kier molecular flexibility index (Phi) is 4.76. The Labute approximate surface area is 164 Å². The summed E-state index contributed by atoms with van der Waals surface area (Å²) >= 11 is 0. The third-order valence-corrected chi connectivity index (χ3v) is 4.95. The van der Waals surface area contributed by atoms with Crippen molar-refractivity contribution in [3.8, 4) is 0 Å². The van der Waals surface area contributed by atoms with Gasteiger partial charge in [0, 0.05) is 46.7 Å². The molecule has 148 valence electrons. The number of amides is 1. The van der Waals surface area contributed by atoms with Crippen molar-refractivity contribution in [1.29, 1.82) is 0 Å². The number of methoxy groups -OCH3 is 1. The van der Waals surface area contributed by atoms with Gasteiger partial charge in [0.05, 0.1) is 18.7 Å². The monoisotopic (exact) mass is 398 g/mol. The molecule has 0 saturated carbocycles. The van der Waals surface area contributed by atoms with Crippen molar-refractivity contribution in [3.05, 3.63) is 82.7 Å². The van der Waals surface area contributed by atoms with Crippen LogP contribution in [0, 0.1) is 17.5 Å². The van der Waals surface area contributed by atoms with Crippen molar-refractivity contribution in [1.82, 2.24) is 4.57 Å². The minimum atomic E-state index is -0.982. The Morgan fingerprint density at radius 3 is 2.41 bits per heavy atom. The zero-order chi connectivity index (χ0) is 20.7. The van der Waals surface area contributed by atoms with E-state index in [0.717, 1.165) is 10.9 Å². The molecule has 0 aliphatic carbocycles. The van der Waals surface area contributed by atoms with Crippen molar-refractivity contribution in [2.45, 2.75) is 13.2 Å². The van der Waals surface area contributed by atoms with Crippen LogP contribution in [0.5, 0.6) is 0 Å². The predicted octanol–water partition coefficient (Wildman–Crippen LogP) is 4.51. The van der Waals surface area contributed by atoms with E-state index >= 15 is 0 Å². The fourth-order valence-electron chi connectivity index (χ4n) is 3.70. The Hall–Kier alpha value is -3.32. The van der Waals surface area contributed by atoms with Crippen LogP contribution in [0.15, 0.2) is 48.5 Å². The number of ether oxygens (including phenoxy) is 1. The first-order valence-corrected chi connectivity index (χ1v) is 8.86. The third-order valence-electron chi connectivity index (χ3n) is 4.95. The minimum Gasteiger partial charge on any atom is -0.380 e. The van der Waals surface area contributed by atoms with Crippen LogP contribution >= 0.6 is 0 Å². The van der Waals surface area contributed by atoms with E-state index in [4.69, 9.17) is 10.5 Å². The largest absolute Gasteiger partial charge is 0.380 e. The van der Waals surface area contributed by atoms with Gasteiger partial charge in [-0.1, -0.05) is 18.2 Å². The number of nitrogens with zero attached hydrogens (tertiary/aromatic N) is 1. The van der Waals surface area contributed by atoms with Crippen molar-refractivity contribution >= 4 is 27.7 Å². The van der Waals surface area contributed by atoms with Crippen LogP contribution in [0.2, 0.25) is 0 Å². The number of rotatable bonds is 5. The first-order valence-electron chi connectivity index (χ1n) is 8.86. The normalized spacial score (nSPS) is 11.4. The number of primary amides is 1. The standard InChI is InChI=1S/C22H17F3N2O2/c1-29-11-12-5-6-14-20(7-12)27(10-16-17(24)8-13(23)9-18(16)25)19-4-2-3-15(21(14)19)22(26)28/h2-9H,10-11H2,1H3,(H2,26,28). The molecule has 0 unspecified atom stereocenters. The molecular weight excluding hydrogens is 381 g/mol. The molecule has 0 atom stereocenters. The van der Waals surface area contributed by atoms with Crippen LogP contribution < -0.4 is 5.73 Å². The first-order chi connectivity index (χ1) is 13.9. The third kappa shape index (κ3) is 3.23. The molecule has 0 spiro atoms. The van der Waals surface area contributed by atoms with Gasteiger partial charge in [-0.3, -0.25) is 4.79 Å². The lowest BCUT2D eigenvalue weighted by Gasteiger charge is -2.11. The number of carbonyl (C=O) groups is 1. The van der Waals surface area contributed by atoms with Gasteiger partial charge in [0.15, 0.2) is 0 Å². The molecule has 29 heavy (non-hydrogen) atoms. The SMILES string of the molecule is COCc1ccc2c3c(C(N)=O)cccc3n(Cc3c(F)cc(F)cc3F)c2c1. The Balaban J connectivity index is 2.04. The lowest BCUT2D eigenvalue weighted by molar-refractivity contribution is 0.100. The summed E-state index contributed by atoms with van der Waals surface area (Å²) in [5.41, 5.74) is 7.69. The molecule has 3 aromatic carbocycles. The van der Waals surface area contributed by atoms with Crippen LogP contribution in [-0.4, -0.2) is 17.6 Å². The van der Waals surface area contributed by atoms with Crippen molar-refractivity contribution in [3.63, 3.8) is 0 Å². The number of fused-ring (bicyclic) bond motifs is 3. The summed E-state index contributed by atoms with van der Waals surface area (Å²) in [6.07, 6.45) is 0. The highest BCUT2D eigenvalue weighted by Gasteiger charge is 2.19. The summed E-state index contributed by atoms with van der Waals surface area (Å²) in [5.74, 6) is -3.53. The molecule has 0 bridgehead atoms. The van der Waals surface area contributed by atoms with Crippen molar-refractivity contribution in [2.75, 3.05) is 7.11 Å². The molecule has 0 saturated heterocycles. The van der Waals surface area contributed by atoms with Gasteiger partial charge < -0.3 is 15.0 Å². The van der Waals surface area contributed by atoms with Gasteiger partial charge in [-0.05, 0) is 23.8 Å². The van der Waals surface area contributed by atoms with Gasteiger partial charge >= 0.3 is 0 Å². The molecular formula is C22H17F3N2O2. The average molecular weight is 398 g/mol. The lowest BCUT2D eigenvalue weighted by atomic mass is 10.0. The Morgan fingerprint density at radius 1 is 1.03 bits per heavy atom. The lowest BCUT2D eigenvalue weighted by Crippen LogP contribution is -2.11. The Morgan fingerprint density at radius 2 is 1.76 bits per heavy atom. The second-order valence-electron chi connectivity index (χ2n) is 6.78. The topological polar surface area (TPSA) is 57.2 Å². The molecule has 0 fully saturated rings. The maximum absolute atomic E-state index is 14.3. The minimum absolute atomic E-state index is 0.184. The molecule has 0 radical (unpaired) electrons. The van der Waals surface area contributed by atoms with E-state index in [2.05, 4.69) is 0 Å². The summed E-state index contributed by atoms with van der Waals surface area (Å²) in [7, 11) is 1.56. The van der Waals surface area contributed by atoms with Crippen LogP contribution in [0.1, 0.15) is 21.5 Å². The molecule has 2 N–H and O–H groups in total. The number of nitrogens with two attached hydrogens (primary N) is 1. The fraction of sp³-hybridized carbons (Fsp3) is 0.136. The van der Waals surface area contributed by atoms with Gasteiger partial charge in [0.25, 0.3) is 0 Å². The maximum Gasteiger partial charge on any atom is 0.249 e. The fourth-order valence-corrected chi connectivity index (χ4v) is 3.70. The van der Waals surface area contributed by atoms with E-state index in [9.17, 15) is 18.0 Å². The number of halogens is 3. The molecule has 0 aliphatic heterocycles. The summed E-state index contributed by atoms with van der Waals surface area (Å²) in [6.45, 7) is 0.163.